The molecule has 0 spiro atoms. The van der Waals surface area contributed by atoms with Crippen LogP contribution in [0.3, 0.4) is 0 Å². The number of hydrogen-bond acceptors (Lipinski definition) is 2. The number of rotatable bonds is 2. The van der Waals surface area contributed by atoms with Gasteiger partial charge in [-0.25, -0.2) is 0 Å². The van der Waals surface area contributed by atoms with E-state index in [1.165, 1.54) is 6.07 Å². The second-order valence-corrected chi connectivity index (χ2v) is 2.95. The van der Waals surface area contributed by atoms with Crippen LogP contribution in [0.1, 0.15) is 18.4 Å². The highest BCUT2D eigenvalue weighted by atomic mass is 19.4. The minimum absolute atomic E-state index is 0.202. The molecule has 0 unspecified atom stereocenters. The lowest BCUT2D eigenvalue weighted by Crippen LogP contribution is -2.17. The summed E-state index contributed by atoms with van der Waals surface area (Å²) in [5.41, 5.74) is 5.40. The van der Waals surface area contributed by atoms with Crippen LogP contribution in [0.4, 0.5) is 13.2 Å². The van der Waals surface area contributed by atoms with Gasteiger partial charge in [-0.1, -0.05) is 0 Å². The summed E-state index contributed by atoms with van der Waals surface area (Å²) in [7, 11) is 0. The first kappa shape index (κ1) is 10.1. The Kier molecular flexibility index (Phi) is 2.66. The molecule has 0 aromatic carbocycles. The standard InChI is InChI=1S/C8H10F3NO/c1-5(12)4-6-2-3-7(13-6)8(9,10)11/h2-3,5H,4,12H2,1H3/t5-/m1/s1. The van der Waals surface area contributed by atoms with Crippen molar-refractivity contribution in [3.05, 3.63) is 23.7 Å². The van der Waals surface area contributed by atoms with E-state index in [1.807, 2.05) is 0 Å². The maximum Gasteiger partial charge on any atom is 0.449 e. The second-order valence-electron chi connectivity index (χ2n) is 2.95. The largest absolute Gasteiger partial charge is 0.456 e. The minimum atomic E-state index is -4.41. The molecule has 0 saturated heterocycles. The van der Waals surface area contributed by atoms with Crippen LogP contribution in [0.25, 0.3) is 0 Å². The molecule has 0 saturated carbocycles. The predicted molar refractivity (Wildman–Crippen MR) is 41.1 cm³/mol. The highest BCUT2D eigenvalue weighted by Gasteiger charge is 2.34. The maximum atomic E-state index is 12.0. The lowest BCUT2D eigenvalue weighted by molar-refractivity contribution is -0.153. The second kappa shape index (κ2) is 3.41. The topological polar surface area (TPSA) is 39.2 Å². The lowest BCUT2D eigenvalue weighted by atomic mass is 10.2. The monoisotopic (exact) mass is 193 g/mol. The van der Waals surface area contributed by atoms with Gasteiger partial charge in [-0.15, -0.1) is 0 Å². The van der Waals surface area contributed by atoms with Gasteiger partial charge in [-0.05, 0) is 19.1 Å². The Balaban J connectivity index is 2.75. The number of halogens is 3. The average Bonchev–Trinajstić information content (AvgIpc) is 2.32. The fourth-order valence-corrected chi connectivity index (χ4v) is 0.957. The van der Waals surface area contributed by atoms with Crippen LogP contribution in [-0.4, -0.2) is 6.04 Å². The number of alkyl halides is 3. The Morgan fingerprint density at radius 3 is 2.46 bits per heavy atom. The first-order valence-electron chi connectivity index (χ1n) is 3.81. The van der Waals surface area contributed by atoms with E-state index in [0.29, 0.717) is 6.42 Å². The fraction of sp³-hybridized carbons (Fsp3) is 0.500. The molecule has 0 aliphatic rings. The van der Waals surface area contributed by atoms with Gasteiger partial charge in [0.15, 0.2) is 0 Å². The van der Waals surface area contributed by atoms with Crippen LogP contribution >= 0.6 is 0 Å². The molecule has 2 N–H and O–H groups in total. The molecule has 0 fully saturated rings. The zero-order valence-electron chi connectivity index (χ0n) is 7.06. The molecule has 1 aromatic rings. The van der Waals surface area contributed by atoms with Gasteiger partial charge in [-0.2, -0.15) is 13.2 Å². The Morgan fingerprint density at radius 1 is 1.46 bits per heavy atom. The molecule has 0 aliphatic carbocycles. The van der Waals surface area contributed by atoms with Gasteiger partial charge in [-0.3, -0.25) is 0 Å². The van der Waals surface area contributed by atoms with Gasteiger partial charge in [0.25, 0.3) is 0 Å². The van der Waals surface area contributed by atoms with Crippen molar-refractivity contribution in [3.63, 3.8) is 0 Å². The summed E-state index contributed by atoms with van der Waals surface area (Å²) >= 11 is 0. The first-order chi connectivity index (χ1) is 5.89. The van der Waals surface area contributed by atoms with E-state index in [-0.39, 0.29) is 11.8 Å². The molecule has 1 rings (SSSR count). The first-order valence-corrected chi connectivity index (χ1v) is 3.81. The normalized spacial score (nSPS) is 14.5. The van der Waals surface area contributed by atoms with Gasteiger partial charge in [0.05, 0.1) is 0 Å². The van der Waals surface area contributed by atoms with Crippen molar-refractivity contribution in [3.8, 4) is 0 Å². The average molecular weight is 193 g/mol. The molecule has 1 atom stereocenters. The smallest absolute Gasteiger partial charge is 0.449 e. The number of nitrogens with two attached hydrogens (primary N) is 1. The summed E-state index contributed by atoms with van der Waals surface area (Å²) < 4.78 is 40.6. The van der Waals surface area contributed by atoms with Gasteiger partial charge >= 0.3 is 6.18 Å². The van der Waals surface area contributed by atoms with Crippen LogP contribution < -0.4 is 5.73 Å². The maximum absolute atomic E-state index is 12.0. The van der Waals surface area contributed by atoms with Gasteiger partial charge < -0.3 is 10.2 Å². The third-order valence-corrected chi connectivity index (χ3v) is 1.46. The molecule has 2 nitrogen and oxygen atoms in total. The molecule has 0 radical (unpaired) electrons. The molecular formula is C8H10F3NO. The summed E-state index contributed by atoms with van der Waals surface area (Å²) in [4.78, 5) is 0. The molecule has 74 valence electrons. The van der Waals surface area contributed by atoms with Crippen LogP contribution in [0.2, 0.25) is 0 Å². The van der Waals surface area contributed by atoms with Crippen LogP contribution in [0.5, 0.6) is 0 Å². The van der Waals surface area contributed by atoms with Crippen molar-refractivity contribution in [2.75, 3.05) is 0 Å². The number of hydrogen-bond donors (Lipinski definition) is 1. The SMILES string of the molecule is C[C@@H](N)Cc1ccc(C(F)(F)F)o1. The quantitative estimate of drug-likeness (QED) is 0.781. The summed E-state index contributed by atoms with van der Waals surface area (Å²) in [6.45, 7) is 1.70. The van der Waals surface area contributed by atoms with Crippen LogP contribution in [-0.2, 0) is 12.6 Å². The van der Waals surface area contributed by atoms with Gasteiger partial charge in [0.1, 0.15) is 5.76 Å². The van der Waals surface area contributed by atoms with Crippen molar-refractivity contribution in [2.24, 2.45) is 5.73 Å². The molecule has 1 aromatic heterocycles. The molecule has 13 heavy (non-hydrogen) atoms. The molecule has 0 bridgehead atoms. The van der Waals surface area contributed by atoms with Crippen molar-refractivity contribution >= 4 is 0 Å². The van der Waals surface area contributed by atoms with Gasteiger partial charge in [0, 0.05) is 12.5 Å². The highest BCUT2D eigenvalue weighted by Crippen LogP contribution is 2.30. The Hall–Kier alpha value is -0.970. The molecule has 5 heteroatoms. The van der Waals surface area contributed by atoms with Crippen molar-refractivity contribution in [2.45, 2.75) is 25.6 Å². The molecular weight excluding hydrogens is 183 g/mol. The van der Waals surface area contributed by atoms with Gasteiger partial charge in [0.2, 0.25) is 5.76 Å². The van der Waals surface area contributed by atoms with E-state index in [4.69, 9.17) is 5.73 Å². The van der Waals surface area contributed by atoms with E-state index in [9.17, 15) is 13.2 Å². The molecule has 1 heterocycles. The van der Waals surface area contributed by atoms with E-state index in [2.05, 4.69) is 4.42 Å². The Morgan fingerprint density at radius 2 is 2.08 bits per heavy atom. The van der Waals surface area contributed by atoms with Crippen molar-refractivity contribution < 1.29 is 17.6 Å². The van der Waals surface area contributed by atoms with E-state index < -0.39 is 11.9 Å². The molecule has 0 aliphatic heterocycles. The van der Waals surface area contributed by atoms with E-state index in [0.717, 1.165) is 6.07 Å². The summed E-state index contributed by atoms with van der Waals surface area (Å²) in [6.07, 6.45) is -4.09. The third kappa shape index (κ3) is 2.77. The van der Waals surface area contributed by atoms with E-state index in [1.54, 1.807) is 6.92 Å². The van der Waals surface area contributed by atoms with E-state index >= 15 is 0 Å². The zero-order chi connectivity index (χ0) is 10.1. The van der Waals surface area contributed by atoms with Crippen LogP contribution in [0, 0.1) is 0 Å². The van der Waals surface area contributed by atoms with Crippen LogP contribution in [0.15, 0.2) is 16.5 Å². The fourth-order valence-electron chi connectivity index (χ4n) is 0.957. The van der Waals surface area contributed by atoms with Crippen molar-refractivity contribution in [1.82, 2.24) is 0 Å². The third-order valence-electron chi connectivity index (χ3n) is 1.46. The minimum Gasteiger partial charge on any atom is -0.456 e. The number of furan rings is 1. The van der Waals surface area contributed by atoms with Crippen molar-refractivity contribution in [1.29, 1.82) is 0 Å². The predicted octanol–water partition coefficient (Wildman–Crippen LogP) is 2.19. The highest BCUT2D eigenvalue weighted by molar-refractivity contribution is 5.10. The Labute approximate surface area is 73.5 Å². The Bertz CT molecular complexity index is 277. The zero-order valence-corrected chi connectivity index (χ0v) is 7.06. The summed E-state index contributed by atoms with van der Waals surface area (Å²) in [6, 6.07) is 2.01. The molecule has 0 amide bonds. The lowest BCUT2D eigenvalue weighted by Gasteiger charge is -2.02. The summed E-state index contributed by atoms with van der Waals surface area (Å²) in [5.74, 6) is -0.703. The summed E-state index contributed by atoms with van der Waals surface area (Å²) in [5, 5.41) is 0.